The van der Waals surface area contributed by atoms with Crippen LogP contribution in [0.2, 0.25) is 0 Å². The zero-order chi connectivity index (χ0) is 16.5. The van der Waals surface area contributed by atoms with E-state index in [9.17, 15) is 9.59 Å². The quantitative estimate of drug-likeness (QED) is 0.896. The maximum absolute atomic E-state index is 12.6. The minimum atomic E-state index is -0.00919. The molecule has 1 atom stereocenters. The Morgan fingerprint density at radius 3 is 2.96 bits per heavy atom. The molecule has 2 saturated heterocycles. The monoisotopic (exact) mass is 331 g/mol. The minimum absolute atomic E-state index is 0.00919. The molecule has 2 fully saturated rings. The van der Waals surface area contributed by atoms with Crippen LogP contribution < -0.4 is 14.8 Å². The lowest BCUT2D eigenvalue weighted by Crippen LogP contribution is -2.51. The highest BCUT2D eigenvalue weighted by Crippen LogP contribution is 2.32. The summed E-state index contributed by atoms with van der Waals surface area (Å²) in [6.45, 7) is 3.04. The van der Waals surface area contributed by atoms with Gasteiger partial charge < -0.3 is 24.6 Å². The molecular formula is C17H21N3O4. The van der Waals surface area contributed by atoms with Crippen molar-refractivity contribution < 1.29 is 19.1 Å². The molecule has 0 radical (unpaired) electrons. The minimum Gasteiger partial charge on any atom is -0.454 e. The van der Waals surface area contributed by atoms with Crippen LogP contribution in [-0.2, 0) is 11.2 Å². The molecule has 0 aromatic heterocycles. The highest BCUT2D eigenvalue weighted by Gasteiger charge is 2.32. The summed E-state index contributed by atoms with van der Waals surface area (Å²) in [6, 6.07) is 5.74. The van der Waals surface area contributed by atoms with E-state index in [1.165, 1.54) is 0 Å². The number of rotatable bonds is 3. The van der Waals surface area contributed by atoms with Gasteiger partial charge in [-0.1, -0.05) is 6.07 Å². The summed E-state index contributed by atoms with van der Waals surface area (Å²) in [5.41, 5.74) is 0.922. The van der Waals surface area contributed by atoms with Crippen molar-refractivity contribution in [2.75, 3.05) is 33.0 Å². The Balaban J connectivity index is 1.39. The first-order valence-corrected chi connectivity index (χ1v) is 8.41. The van der Waals surface area contributed by atoms with Gasteiger partial charge in [0.25, 0.3) is 0 Å². The molecule has 0 spiro atoms. The summed E-state index contributed by atoms with van der Waals surface area (Å²) < 4.78 is 10.7. The molecule has 128 valence electrons. The van der Waals surface area contributed by atoms with Crippen LogP contribution in [0.4, 0.5) is 4.79 Å². The predicted octanol–water partition coefficient (Wildman–Crippen LogP) is 0.974. The number of likely N-dealkylation sites (tertiary alicyclic amines) is 1. The third kappa shape index (κ3) is 2.86. The molecule has 1 aromatic carbocycles. The Bertz CT molecular complexity index is 663. The number of nitrogens with one attached hydrogen (secondary N) is 1. The fourth-order valence-corrected chi connectivity index (χ4v) is 3.61. The number of nitrogens with zero attached hydrogens (tertiary/aromatic N) is 2. The van der Waals surface area contributed by atoms with E-state index in [2.05, 4.69) is 5.32 Å². The number of piperidine rings is 1. The molecule has 1 aromatic rings. The maximum Gasteiger partial charge on any atom is 0.317 e. The summed E-state index contributed by atoms with van der Waals surface area (Å²) in [4.78, 5) is 28.2. The summed E-state index contributed by atoms with van der Waals surface area (Å²) in [6.07, 6.45) is 2.23. The summed E-state index contributed by atoms with van der Waals surface area (Å²) >= 11 is 0. The number of hydrogen-bond acceptors (Lipinski definition) is 4. The average molecular weight is 331 g/mol. The third-order valence-electron chi connectivity index (χ3n) is 4.87. The normalized spacial score (nSPS) is 22.7. The van der Waals surface area contributed by atoms with E-state index in [0.717, 1.165) is 37.2 Å². The third-order valence-corrected chi connectivity index (χ3v) is 4.87. The van der Waals surface area contributed by atoms with Crippen LogP contribution in [-0.4, -0.2) is 60.8 Å². The standard InChI is InChI=1S/C17H21N3O4/c21-16(9-12-3-4-14-15(8-12)24-11-23-14)19-6-1-2-13(10-19)20-7-5-18-17(20)22/h3-4,8,13H,1-2,5-7,9-11H2,(H,18,22). The molecule has 7 nitrogen and oxygen atoms in total. The van der Waals surface area contributed by atoms with E-state index in [1.807, 2.05) is 28.0 Å². The Morgan fingerprint density at radius 2 is 2.12 bits per heavy atom. The smallest absolute Gasteiger partial charge is 0.317 e. The molecule has 0 saturated carbocycles. The van der Waals surface area contributed by atoms with Crippen molar-refractivity contribution in [1.29, 1.82) is 0 Å². The molecule has 24 heavy (non-hydrogen) atoms. The van der Waals surface area contributed by atoms with Crippen molar-refractivity contribution in [1.82, 2.24) is 15.1 Å². The maximum atomic E-state index is 12.6. The second-order valence-electron chi connectivity index (χ2n) is 6.43. The Morgan fingerprint density at radius 1 is 1.25 bits per heavy atom. The first kappa shape index (κ1) is 15.1. The fourth-order valence-electron chi connectivity index (χ4n) is 3.61. The Labute approximate surface area is 140 Å². The van der Waals surface area contributed by atoms with Crippen LogP contribution in [0.1, 0.15) is 18.4 Å². The van der Waals surface area contributed by atoms with Crippen LogP contribution in [0, 0.1) is 0 Å². The average Bonchev–Trinajstić information content (AvgIpc) is 3.23. The summed E-state index contributed by atoms with van der Waals surface area (Å²) in [7, 11) is 0. The molecule has 3 aliphatic heterocycles. The molecule has 3 heterocycles. The first-order valence-electron chi connectivity index (χ1n) is 8.41. The highest BCUT2D eigenvalue weighted by atomic mass is 16.7. The van der Waals surface area contributed by atoms with Crippen molar-refractivity contribution in [3.05, 3.63) is 23.8 Å². The van der Waals surface area contributed by atoms with Gasteiger partial charge in [0.05, 0.1) is 12.5 Å². The van der Waals surface area contributed by atoms with Crippen LogP contribution >= 0.6 is 0 Å². The molecule has 3 aliphatic rings. The van der Waals surface area contributed by atoms with Gasteiger partial charge in [-0.3, -0.25) is 4.79 Å². The molecule has 0 bridgehead atoms. The fraction of sp³-hybridized carbons (Fsp3) is 0.529. The molecule has 0 aliphatic carbocycles. The lowest BCUT2D eigenvalue weighted by molar-refractivity contribution is -0.132. The number of fused-ring (bicyclic) bond motifs is 1. The van der Waals surface area contributed by atoms with Crippen molar-refractivity contribution >= 4 is 11.9 Å². The van der Waals surface area contributed by atoms with Gasteiger partial charge in [-0.15, -0.1) is 0 Å². The van der Waals surface area contributed by atoms with Gasteiger partial charge in [-0.25, -0.2) is 4.79 Å². The topological polar surface area (TPSA) is 71.1 Å². The lowest BCUT2D eigenvalue weighted by atomic mass is 10.0. The largest absolute Gasteiger partial charge is 0.454 e. The molecule has 4 rings (SSSR count). The summed E-state index contributed by atoms with van der Waals surface area (Å²) in [5.74, 6) is 1.52. The van der Waals surface area contributed by atoms with E-state index in [-0.39, 0.29) is 24.8 Å². The molecule has 3 amide bonds. The van der Waals surface area contributed by atoms with Gasteiger partial charge in [0.2, 0.25) is 12.7 Å². The van der Waals surface area contributed by atoms with Crippen LogP contribution in [0.3, 0.4) is 0 Å². The van der Waals surface area contributed by atoms with E-state index < -0.39 is 0 Å². The SMILES string of the molecule is O=C(Cc1ccc2c(c1)OCO2)N1CCCC(N2CCNC2=O)C1. The van der Waals surface area contributed by atoms with Gasteiger partial charge in [-0.2, -0.15) is 0 Å². The van der Waals surface area contributed by atoms with E-state index >= 15 is 0 Å². The van der Waals surface area contributed by atoms with Crippen molar-refractivity contribution in [2.45, 2.75) is 25.3 Å². The van der Waals surface area contributed by atoms with Gasteiger partial charge in [0.15, 0.2) is 11.5 Å². The van der Waals surface area contributed by atoms with Gasteiger partial charge in [0, 0.05) is 26.2 Å². The van der Waals surface area contributed by atoms with E-state index in [1.54, 1.807) is 0 Å². The molecular weight excluding hydrogens is 310 g/mol. The second kappa shape index (κ2) is 6.22. The number of hydrogen-bond donors (Lipinski definition) is 1. The van der Waals surface area contributed by atoms with Crippen LogP contribution in [0.5, 0.6) is 11.5 Å². The van der Waals surface area contributed by atoms with Gasteiger partial charge in [0.1, 0.15) is 0 Å². The molecule has 1 N–H and O–H groups in total. The number of amides is 3. The Hall–Kier alpha value is -2.44. The van der Waals surface area contributed by atoms with Crippen molar-refractivity contribution in [3.8, 4) is 11.5 Å². The van der Waals surface area contributed by atoms with Crippen molar-refractivity contribution in [2.24, 2.45) is 0 Å². The van der Waals surface area contributed by atoms with E-state index in [4.69, 9.17) is 9.47 Å². The predicted molar refractivity (Wildman–Crippen MR) is 86.0 cm³/mol. The number of ether oxygens (including phenoxy) is 2. The number of urea groups is 1. The number of carbonyl (C=O) groups excluding carboxylic acids is 2. The lowest BCUT2D eigenvalue weighted by Gasteiger charge is -2.37. The van der Waals surface area contributed by atoms with Crippen LogP contribution in [0.25, 0.3) is 0 Å². The van der Waals surface area contributed by atoms with Crippen LogP contribution in [0.15, 0.2) is 18.2 Å². The molecule has 7 heteroatoms. The van der Waals surface area contributed by atoms with Gasteiger partial charge in [-0.05, 0) is 30.5 Å². The first-order chi connectivity index (χ1) is 11.7. The Kier molecular flexibility index (Phi) is 3.92. The second-order valence-corrected chi connectivity index (χ2v) is 6.43. The number of carbonyl (C=O) groups is 2. The summed E-state index contributed by atoms with van der Waals surface area (Å²) in [5, 5.41) is 2.83. The highest BCUT2D eigenvalue weighted by molar-refractivity contribution is 5.80. The number of benzene rings is 1. The zero-order valence-electron chi connectivity index (χ0n) is 13.5. The molecule has 1 unspecified atom stereocenters. The zero-order valence-corrected chi connectivity index (χ0v) is 13.5. The van der Waals surface area contributed by atoms with Gasteiger partial charge >= 0.3 is 6.03 Å². The van der Waals surface area contributed by atoms with E-state index in [0.29, 0.717) is 25.3 Å². The van der Waals surface area contributed by atoms with Crippen molar-refractivity contribution in [3.63, 3.8) is 0 Å².